The molecule has 30 heavy (non-hydrogen) atoms. The van der Waals surface area contributed by atoms with E-state index in [0.29, 0.717) is 0 Å². The number of hydrogen-bond donors (Lipinski definition) is 1. The van der Waals surface area contributed by atoms with Crippen LogP contribution in [0.5, 0.6) is 0 Å². The highest BCUT2D eigenvalue weighted by Gasteiger charge is 2.08. The monoisotopic (exact) mass is 396 g/mol. The summed E-state index contributed by atoms with van der Waals surface area (Å²) in [4.78, 5) is 5.90. The summed E-state index contributed by atoms with van der Waals surface area (Å²) in [5.41, 5.74) is 5.21. The molecule has 0 aliphatic heterocycles. The predicted molar refractivity (Wildman–Crippen MR) is 131 cm³/mol. The molecule has 0 amide bonds. The van der Waals surface area contributed by atoms with Gasteiger partial charge in [-0.15, -0.1) is 0 Å². The number of para-hydroxylation sites is 1. The van der Waals surface area contributed by atoms with Crippen LogP contribution in [0.3, 0.4) is 0 Å². The molecule has 1 heterocycles. The molecule has 0 aliphatic carbocycles. The molecule has 0 aliphatic rings. The quantitative estimate of drug-likeness (QED) is 0.341. The summed E-state index contributed by atoms with van der Waals surface area (Å²) in [5.74, 6) is 0. The van der Waals surface area contributed by atoms with Gasteiger partial charge < -0.3 is 4.98 Å². The van der Waals surface area contributed by atoms with Crippen LogP contribution in [0, 0.1) is 0 Å². The maximum Gasteiger partial charge on any atom is 0.0456 e. The van der Waals surface area contributed by atoms with Crippen molar-refractivity contribution in [2.24, 2.45) is 0 Å². The van der Waals surface area contributed by atoms with Crippen molar-refractivity contribution in [2.45, 2.75) is 26.8 Å². The molecule has 2 nitrogen and oxygen atoms in total. The molecule has 1 N–H and O–H groups in total. The number of benzene rings is 3. The van der Waals surface area contributed by atoms with Gasteiger partial charge in [0.25, 0.3) is 0 Å². The summed E-state index contributed by atoms with van der Waals surface area (Å²) in [5, 5.41) is 1.34. The van der Waals surface area contributed by atoms with Crippen molar-refractivity contribution in [3.63, 3.8) is 0 Å². The molecule has 154 valence electrons. The number of aromatic nitrogens is 1. The molecule has 0 radical (unpaired) electrons. The van der Waals surface area contributed by atoms with Crippen molar-refractivity contribution >= 4 is 17.0 Å². The number of H-pyrrole nitrogens is 1. The van der Waals surface area contributed by atoms with Crippen LogP contribution in [0.2, 0.25) is 0 Å². The lowest BCUT2D eigenvalue weighted by atomic mass is 10.1. The van der Waals surface area contributed by atoms with Gasteiger partial charge in [-0.25, -0.2) is 0 Å². The maximum atomic E-state index is 3.39. The van der Waals surface area contributed by atoms with E-state index in [1.54, 1.807) is 0 Å². The predicted octanol–water partition coefficient (Wildman–Crippen LogP) is 6.95. The van der Waals surface area contributed by atoms with Crippen LogP contribution in [0.25, 0.3) is 17.0 Å². The third-order valence-corrected chi connectivity index (χ3v) is 5.09. The Balaban J connectivity index is 0.00000124. The van der Waals surface area contributed by atoms with Crippen LogP contribution in [0.15, 0.2) is 97.2 Å². The van der Waals surface area contributed by atoms with Gasteiger partial charge in [0.15, 0.2) is 0 Å². The molecule has 0 saturated heterocycles. The highest BCUT2D eigenvalue weighted by molar-refractivity contribution is 5.83. The van der Waals surface area contributed by atoms with Crippen LogP contribution < -0.4 is 0 Å². The van der Waals surface area contributed by atoms with Gasteiger partial charge in [-0.1, -0.05) is 105 Å². The Kier molecular flexibility index (Phi) is 8.49. The zero-order valence-corrected chi connectivity index (χ0v) is 18.1. The second kappa shape index (κ2) is 11.8. The first kappa shape index (κ1) is 21.6. The molecule has 0 fully saturated rings. The van der Waals surface area contributed by atoms with E-state index in [0.717, 1.165) is 26.1 Å². The molecule has 4 aromatic rings. The first-order valence-corrected chi connectivity index (χ1v) is 10.9. The molecular weight excluding hydrogens is 364 g/mol. The Hall–Kier alpha value is -3.10. The summed E-state index contributed by atoms with van der Waals surface area (Å²) in [6.07, 6.45) is 7.68. The number of hydrogen-bond acceptors (Lipinski definition) is 1. The van der Waals surface area contributed by atoms with Crippen molar-refractivity contribution < 1.29 is 0 Å². The Labute approximate surface area is 180 Å². The molecule has 4 rings (SSSR count). The van der Waals surface area contributed by atoms with E-state index in [-0.39, 0.29) is 0 Å². The first-order valence-electron chi connectivity index (χ1n) is 10.9. The Morgan fingerprint density at radius 1 is 0.800 bits per heavy atom. The lowest BCUT2D eigenvalue weighted by molar-refractivity contribution is 0.299. The van der Waals surface area contributed by atoms with E-state index in [9.17, 15) is 0 Å². The summed E-state index contributed by atoms with van der Waals surface area (Å²) in [6.45, 7) is 6.92. The van der Waals surface area contributed by atoms with Gasteiger partial charge in [0.2, 0.25) is 0 Å². The van der Waals surface area contributed by atoms with Crippen LogP contribution in [0.4, 0.5) is 0 Å². The number of fused-ring (bicyclic) bond motifs is 1. The Bertz CT molecular complexity index is 1020. The lowest BCUT2D eigenvalue weighted by Crippen LogP contribution is -2.25. The SMILES string of the molecule is C(=C\c1ccccc1)/CN(CCc1c[nH]c2ccccc12)Cc1ccccc1.CC. The topological polar surface area (TPSA) is 19.0 Å². The van der Waals surface area contributed by atoms with Crippen LogP contribution in [-0.4, -0.2) is 23.0 Å². The zero-order chi connectivity index (χ0) is 21.0. The molecule has 0 atom stereocenters. The molecule has 1 aromatic heterocycles. The number of aromatic amines is 1. The Morgan fingerprint density at radius 2 is 1.47 bits per heavy atom. The third-order valence-electron chi connectivity index (χ3n) is 5.09. The maximum absolute atomic E-state index is 3.39. The minimum atomic E-state index is 0.937. The van der Waals surface area contributed by atoms with E-state index in [1.165, 1.54) is 27.6 Å². The van der Waals surface area contributed by atoms with Gasteiger partial charge in [0, 0.05) is 36.7 Å². The van der Waals surface area contributed by atoms with Gasteiger partial charge in [0.05, 0.1) is 0 Å². The van der Waals surface area contributed by atoms with Crippen LogP contribution in [0.1, 0.15) is 30.5 Å². The molecule has 0 bridgehead atoms. The Morgan fingerprint density at radius 3 is 2.23 bits per heavy atom. The number of rotatable bonds is 8. The molecular formula is C28H32N2. The van der Waals surface area contributed by atoms with Crippen LogP contribution in [-0.2, 0) is 13.0 Å². The molecule has 0 unspecified atom stereocenters. The smallest absolute Gasteiger partial charge is 0.0456 e. The fourth-order valence-corrected chi connectivity index (χ4v) is 3.60. The van der Waals surface area contributed by atoms with Gasteiger partial charge in [-0.2, -0.15) is 0 Å². The van der Waals surface area contributed by atoms with Crippen molar-refractivity contribution in [3.8, 4) is 0 Å². The number of nitrogens with one attached hydrogen (secondary N) is 1. The molecule has 0 spiro atoms. The first-order chi connectivity index (χ1) is 14.9. The largest absolute Gasteiger partial charge is 0.361 e. The third kappa shape index (κ3) is 6.20. The van der Waals surface area contributed by atoms with Crippen LogP contribution >= 0.6 is 0 Å². The highest BCUT2D eigenvalue weighted by atomic mass is 15.1. The van der Waals surface area contributed by atoms with Gasteiger partial charge in [0.1, 0.15) is 0 Å². The van der Waals surface area contributed by atoms with Gasteiger partial charge in [-0.05, 0) is 29.2 Å². The summed E-state index contributed by atoms with van der Waals surface area (Å²) < 4.78 is 0. The summed E-state index contributed by atoms with van der Waals surface area (Å²) >= 11 is 0. The molecule has 0 saturated carbocycles. The normalized spacial score (nSPS) is 11.0. The minimum absolute atomic E-state index is 0.937. The average molecular weight is 397 g/mol. The highest BCUT2D eigenvalue weighted by Crippen LogP contribution is 2.18. The zero-order valence-electron chi connectivity index (χ0n) is 18.1. The van der Waals surface area contributed by atoms with Crippen molar-refractivity contribution in [2.75, 3.05) is 13.1 Å². The second-order valence-corrected chi connectivity index (χ2v) is 7.14. The average Bonchev–Trinajstić information content (AvgIpc) is 3.23. The minimum Gasteiger partial charge on any atom is -0.361 e. The van der Waals surface area contributed by atoms with Crippen molar-refractivity contribution in [1.82, 2.24) is 9.88 Å². The lowest BCUT2D eigenvalue weighted by Gasteiger charge is -2.21. The fourth-order valence-electron chi connectivity index (χ4n) is 3.60. The van der Waals surface area contributed by atoms with E-state index in [2.05, 4.69) is 113 Å². The summed E-state index contributed by atoms with van der Waals surface area (Å²) in [7, 11) is 0. The number of nitrogens with zero attached hydrogens (tertiary/aromatic N) is 1. The van der Waals surface area contributed by atoms with Crippen molar-refractivity contribution in [1.29, 1.82) is 0 Å². The van der Waals surface area contributed by atoms with Crippen molar-refractivity contribution in [3.05, 3.63) is 114 Å². The van der Waals surface area contributed by atoms with Gasteiger partial charge in [-0.3, -0.25) is 4.90 Å². The fraction of sp³-hybridized carbons (Fsp3) is 0.214. The van der Waals surface area contributed by atoms with E-state index in [1.807, 2.05) is 13.8 Å². The van der Waals surface area contributed by atoms with E-state index in [4.69, 9.17) is 0 Å². The standard InChI is InChI=1S/C26H26N2.C2H6/c1-3-10-22(11-4-1)14-9-18-28(21-23-12-5-2-6-13-23)19-17-24-20-27-26-16-8-7-15-25(24)26;1-2/h1-16,20,27H,17-19,21H2;1-2H3/b14-9+;. The second-order valence-electron chi connectivity index (χ2n) is 7.14. The molecule has 3 aromatic carbocycles. The van der Waals surface area contributed by atoms with E-state index >= 15 is 0 Å². The van der Waals surface area contributed by atoms with Gasteiger partial charge >= 0.3 is 0 Å². The van der Waals surface area contributed by atoms with E-state index < -0.39 is 0 Å². The summed E-state index contributed by atoms with van der Waals surface area (Å²) in [6, 6.07) is 29.8. The molecule has 2 heteroatoms.